The van der Waals surface area contributed by atoms with Gasteiger partial charge in [0.25, 0.3) is 5.91 Å². The first-order chi connectivity index (χ1) is 9.09. The molecule has 0 aliphatic carbocycles. The summed E-state index contributed by atoms with van der Waals surface area (Å²) in [5, 5.41) is 2.50. The Balaban J connectivity index is 1.97. The number of pyridine rings is 1. The van der Waals surface area contributed by atoms with Crippen LogP contribution in [0.2, 0.25) is 0 Å². The predicted molar refractivity (Wildman–Crippen MR) is 64.2 cm³/mol. The van der Waals surface area contributed by atoms with E-state index in [0.29, 0.717) is 6.54 Å². The molecule has 100 valence electrons. The van der Waals surface area contributed by atoms with E-state index in [1.165, 1.54) is 19.2 Å². The number of amides is 3. The summed E-state index contributed by atoms with van der Waals surface area (Å²) in [4.78, 5) is 39.8. The predicted octanol–water partition coefficient (Wildman–Crippen LogP) is 0.179. The number of ether oxygens (including phenoxy) is 1. The molecular weight excluding hydrogens is 250 g/mol. The second-order valence-corrected chi connectivity index (χ2v) is 3.98. The molecule has 1 aliphatic heterocycles. The van der Waals surface area contributed by atoms with Gasteiger partial charge in [0.2, 0.25) is 0 Å². The Kier molecular flexibility index (Phi) is 3.74. The summed E-state index contributed by atoms with van der Waals surface area (Å²) in [5.74, 6) is -1.24. The van der Waals surface area contributed by atoms with Gasteiger partial charge < -0.3 is 10.1 Å². The Morgan fingerprint density at radius 3 is 2.84 bits per heavy atom. The summed E-state index contributed by atoms with van der Waals surface area (Å²) in [5.41, 5.74) is 0.119. The van der Waals surface area contributed by atoms with Crippen LogP contribution < -0.4 is 5.32 Å². The number of esters is 1. The maximum absolute atomic E-state index is 11.9. The molecule has 1 N–H and O–H groups in total. The molecule has 7 nitrogen and oxygen atoms in total. The van der Waals surface area contributed by atoms with Crippen LogP contribution in [0, 0.1) is 0 Å². The van der Waals surface area contributed by atoms with Crippen LogP contribution in [0.1, 0.15) is 17.4 Å². The Hall–Kier alpha value is -2.44. The van der Waals surface area contributed by atoms with Crippen molar-refractivity contribution >= 4 is 17.9 Å². The molecule has 0 aromatic carbocycles. The number of carbonyl (C=O) groups is 3. The van der Waals surface area contributed by atoms with Gasteiger partial charge in [0, 0.05) is 19.3 Å². The Morgan fingerprint density at radius 2 is 2.26 bits per heavy atom. The van der Waals surface area contributed by atoms with E-state index in [1.54, 1.807) is 12.1 Å². The van der Waals surface area contributed by atoms with E-state index < -0.39 is 24.0 Å². The van der Waals surface area contributed by atoms with Gasteiger partial charge in [-0.2, -0.15) is 0 Å². The van der Waals surface area contributed by atoms with Crippen LogP contribution in [0.3, 0.4) is 0 Å². The van der Waals surface area contributed by atoms with Crippen molar-refractivity contribution in [2.75, 3.05) is 13.1 Å². The summed E-state index contributed by atoms with van der Waals surface area (Å²) in [6, 6.07) is 4.33. The fraction of sp³-hybridized carbons (Fsp3) is 0.333. The third-order valence-corrected chi connectivity index (χ3v) is 2.63. The van der Waals surface area contributed by atoms with Crippen LogP contribution in [-0.4, -0.2) is 47.0 Å². The topological polar surface area (TPSA) is 88.6 Å². The Bertz CT molecular complexity index is 503. The molecule has 0 spiro atoms. The third kappa shape index (κ3) is 2.87. The number of aromatic nitrogens is 1. The quantitative estimate of drug-likeness (QED) is 0.786. The minimum Gasteiger partial charge on any atom is -0.448 e. The van der Waals surface area contributed by atoms with Gasteiger partial charge in [-0.05, 0) is 19.1 Å². The van der Waals surface area contributed by atoms with Gasteiger partial charge in [-0.3, -0.25) is 9.69 Å². The summed E-state index contributed by atoms with van der Waals surface area (Å²) in [6.45, 7) is 2.11. The van der Waals surface area contributed by atoms with Crippen molar-refractivity contribution in [1.29, 1.82) is 0 Å². The van der Waals surface area contributed by atoms with Gasteiger partial charge >= 0.3 is 12.0 Å². The van der Waals surface area contributed by atoms with Crippen LogP contribution in [0.15, 0.2) is 24.4 Å². The highest BCUT2D eigenvalue weighted by molar-refractivity contribution is 5.99. The Morgan fingerprint density at radius 1 is 1.47 bits per heavy atom. The summed E-state index contributed by atoms with van der Waals surface area (Å²) in [7, 11) is 0. The minimum atomic E-state index is -1.03. The van der Waals surface area contributed by atoms with Crippen molar-refractivity contribution in [2.45, 2.75) is 13.0 Å². The molecule has 2 heterocycles. The molecular formula is C12H13N3O4. The summed E-state index contributed by atoms with van der Waals surface area (Å²) in [6.07, 6.45) is 0.426. The number of nitrogens with zero attached hydrogens (tertiary/aromatic N) is 2. The Labute approximate surface area is 109 Å². The lowest BCUT2D eigenvalue weighted by Gasteiger charge is -2.17. The number of carbonyl (C=O) groups excluding carboxylic acids is 3. The normalized spacial score (nSPS) is 15.8. The van der Waals surface area contributed by atoms with Crippen molar-refractivity contribution in [3.05, 3.63) is 30.1 Å². The zero-order valence-electron chi connectivity index (χ0n) is 10.3. The largest absolute Gasteiger partial charge is 0.448 e. The molecule has 1 unspecified atom stereocenters. The number of nitrogens with one attached hydrogen (secondary N) is 1. The van der Waals surface area contributed by atoms with Crippen LogP contribution in [0.4, 0.5) is 4.79 Å². The average molecular weight is 263 g/mol. The van der Waals surface area contributed by atoms with Crippen LogP contribution in [-0.2, 0) is 9.53 Å². The number of hydrogen-bond donors (Lipinski definition) is 1. The van der Waals surface area contributed by atoms with E-state index in [9.17, 15) is 14.4 Å². The molecule has 1 atom stereocenters. The molecule has 1 saturated heterocycles. The lowest BCUT2D eigenvalue weighted by atomic mass is 10.3. The first-order valence-electron chi connectivity index (χ1n) is 5.81. The van der Waals surface area contributed by atoms with E-state index in [-0.39, 0.29) is 12.2 Å². The van der Waals surface area contributed by atoms with Gasteiger partial charge in [0.05, 0.1) is 0 Å². The number of urea groups is 1. The molecule has 1 fully saturated rings. The molecule has 3 amide bonds. The highest BCUT2D eigenvalue weighted by Crippen LogP contribution is 2.06. The summed E-state index contributed by atoms with van der Waals surface area (Å²) < 4.78 is 4.99. The number of imide groups is 1. The van der Waals surface area contributed by atoms with E-state index in [4.69, 9.17) is 4.74 Å². The first-order valence-corrected chi connectivity index (χ1v) is 5.81. The lowest BCUT2D eigenvalue weighted by molar-refractivity contribution is -0.136. The minimum absolute atomic E-state index is 0.119. The van der Waals surface area contributed by atoms with Crippen molar-refractivity contribution in [3.8, 4) is 0 Å². The molecule has 0 radical (unpaired) electrons. The highest BCUT2D eigenvalue weighted by atomic mass is 16.5. The zero-order chi connectivity index (χ0) is 13.8. The molecule has 0 saturated carbocycles. The second kappa shape index (κ2) is 5.47. The van der Waals surface area contributed by atoms with E-state index in [0.717, 1.165) is 4.90 Å². The maximum atomic E-state index is 11.9. The van der Waals surface area contributed by atoms with E-state index in [2.05, 4.69) is 10.3 Å². The van der Waals surface area contributed by atoms with Gasteiger partial charge in [-0.1, -0.05) is 6.07 Å². The second-order valence-electron chi connectivity index (χ2n) is 3.98. The van der Waals surface area contributed by atoms with E-state index in [1.807, 2.05) is 0 Å². The fourth-order valence-corrected chi connectivity index (χ4v) is 1.66. The van der Waals surface area contributed by atoms with Crippen molar-refractivity contribution < 1.29 is 19.1 Å². The van der Waals surface area contributed by atoms with Crippen molar-refractivity contribution in [1.82, 2.24) is 15.2 Å². The smallest absolute Gasteiger partial charge is 0.357 e. The molecule has 1 aromatic rings. The zero-order valence-corrected chi connectivity index (χ0v) is 10.3. The van der Waals surface area contributed by atoms with Crippen LogP contribution in [0.25, 0.3) is 0 Å². The fourth-order valence-electron chi connectivity index (χ4n) is 1.66. The first kappa shape index (κ1) is 13.0. The number of hydrogen-bond acceptors (Lipinski definition) is 5. The summed E-state index contributed by atoms with van der Waals surface area (Å²) >= 11 is 0. The van der Waals surface area contributed by atoms with Crippen LogP contribution >= 0.6 is 0 Å². The molecule has 1 aliphatic rings. The van der Waals surface area contributed by atoms with E-state index >= 15 is 0 Å². The lowest BCUT2D eigenvalue weighted by Crippen LogP contribution is -2.41. The SMILES string of the molecule is CC(OC(=O)c1ccccn1)C(=O)N1CCNC1=O. The van der Waals surface area contributed by atoms with Crippen molar-refractivity contribution in [2.24, 2.45) is 0 Å². The molecule has 7 heteroatoms. The average Bonchev–Trinajstić information content (AvgIpc) is 2.85. The molecule has 2 rings (SSSR count). The monoisotopic (exact) mass is 263 g/mol. The van der Waals surface area contributed by atoms with Gasteiger partial charge in [0.1, 0.15) is 5.69 Å². The van der Waals surface area contributed by atoms with Gasteiger partial charge in [-0.15, -0.1) is 0 Å². The standard InChI is InChI=1S/C12H13N3O4/c1-8(10(16)15-7-6-14-12(15)18)19-11(17)9-4-2-3-5-13-9/h2-5,8H,6-7H2,1H3,(H,14,18). The number of rotatable bonds is 3. The molecule has 1 aromatic heterocycles. The highest BCUT2D eigenvalue weighted by Gasteiger charge is 2.31. The molecule has 19 heavy (non-hydrogen) atoms. The van der Waals surface area contributed by atoms with Gasteiger partial charge in [0.15, 0.2) is 6.10 Å². The third-order valence-electron chi connectivity index (χ3n) is 2.63. The molecule has 0 bridgehead atoms. The van der Waals surface area contributed by atoms with Crippen molar-refractivity contribution in [3.63, 3.8) is 0 Å². The van der Waals surface area contributed by atoms with Crippen LogP contribution in [0.5, 0.6) is 0 Å². The maximum Gasteiger partial charge on any atom is 0.357 e. The van der Waals surface area contributed by atoms with Gasteiger partial charge in [-0.25, -0.2) is 14.6 Å².